The molecule has 2 saturated heterocycles. The molecule has 0 spiro atoms. The summed E-state index contributed by atoms with van der Waals surface area (Å²) < 4.78 is 29.3. The van der Waals surface area contributed by atoms with E-state index in [4.69, 9.17) is 0 Å². The first-order valence-electron chi connectivity index (χ1n) is 9.11. The van der Waals surface area contributed by atoms with Gasteiger partial charge in [-0.05, 0) is 55.2 Å². The summed E-state index contributed by atoms with van der Waals surface area (Å²) in [6.07, 6.45) is 1.86. The molecule has 2 heterocycles. The van der Waals surface area contributed by atoms with E-state index in [1.54, 1.807) is 28.6 Å². The second kappa shape index (κ2) is 6.98. The molecular weight excluding hydrogens is 412 g/mol. The quantitative estimate of drug-likeness (QED) is 0.726. The molecule has 4 rings (SSSR count). The Morgan fingerprint density at radius 3 is 2.42 bits per heavy atom. The minimum absolute atomic E-state index is 0.0105. The van der Waals surface area contributed by atoms with Gasteiger partial charge in [0.2, 0.25) is 10.0 Å². The van der Waals surface area contributed by atoms with Crippen molar-refractivity contribution in [2.75, 3.05) is 18.0 Å². The van der Waals surface area contributed by atoms with Gasteiger partial charge in [0.25, 0.3) is 0 Å². The van der Waals surface area contributed by atoms with Crippen molar-refractivity contribution in [3.05, 3.63) is 59.1 Å². The molecule has 26 heavy (non-hydrogen) atoms. The molecule has 0 bridgehead atoms. The highest BCUT2D eigenvalue weighted by Crippen LogP contribution is 2.42. The normalized spacial score (nSPS) is 26.2. The van der Waals surface area contributed by atoms with E-state index in [-0.39, 0.29) is 12.1 Å². The van der Waals surface area contributed by atoms with Crippen molar-refractivity contribution >= 4 is 31.6 Å². The van der Waals surface area contributed by atoms with Crippen LogP contribution in [0.1, 0.15) is 19.8 Å². The van der Waals surface area contributed by atoms with Crippen LogP contribution in [0.4, 0.5) is 5.69 Å². The summed E-state index contributed by atoms with van der Waals surface area (Å²) in [5.74, 6) is 0.391. The van der Waals surface area contributed by atoms with Crippen LogP contribution in [0.3, 0.4) is 0 Å². The summed E-state index contributed by atoms with van der Waals surface area (Å²) in [5, 5.41) is 0. The molecular formula is C20H23BrN2O2S. The molecule has 0 radical (unpaired) electrons. The Labute approximate surface area is 164 Å². The van der Waals surface area contributed by atoms with Gasteiger partial charge in [0.05, 0.1) is 4.90 Å². The summed E-state index contributed by atoms with van der Waals surface area (Å²) in [4.78, 5) is 2.81. The molecule has 2 fully saturated rings. The predicted molar refractivity (Wildman–Crippen MR) is 108 cm³/mol. The standard InChI is InChI=1S/C20H23BrN2O2S/c1-2-19-20-15(12-13-22(20)17-10-8-16(21)9-11-17)14-23(19)26(24,25)18-6-4-3-5-7-18/h3-11,15,19-20H,2,12-14H2,1H3/t15-,19+,20-/m1/s1. The zero-order valence-electron chi connectivity index (χ0n) is 14.8. The summed E-state index contributed by atoms with van der Waals surface area (Å²) in [5.41, 5.74) is 1.18. The predicted octanol–water partition coefficient (Wildman–Crippen LogP) is 4.13. The third-order valence-electron chi connectivity index (χ3n) is 5.69. The van der Waals surface area contributed by atoms with Gasteiger partial charge in [0.1, 0.15) is 0 Å². The van der Waals surface area contributed by atoms with Gasteiger partial charge < -0.3 is 4.90 Å². The largest absolute Gasteiger partial charge is 0.367 e. The zero-order chi connectivity index (χ0) is 18.3. The molecule has 0 saturated carbocycles. The van der Waals surface area contributed by atoms with Crippen LogP contribution in [0.5, 0.6) is 0 Å². The van der Waals surface area contributed by atoms with E-state index in [0.29, 0.717) is 17.4 Å². The number of nitrogens with zero attached hydrogens (tertiary/aromatic N) is 2. The lowest BCUT2D eigenvalue weighted by molar-refractivity contribution is 0.356. The zero-order valence-corrected chi connectivity index (χ0v) is 17.2. The number of fused-ring (bicyclic) bond motifs is 1. The molecule has 6 heteroatoms. The number of benzene rings is 2. The van der Waals surface area contributed by atoms with E-state index in [1.165, 1.54) is 5.69 Å². The van der Waals surface area contributed by atoms with Crippen molar-refractivity contribution in [1.82, 2.24) is 4.31 Å². The first-order valence-corrected chi connectivity index (χ1v) is 11.3. The molecule has 0 aromatic heterocycles. The Morgan fingerprint density at radius 2 is 1.77 bits per heavy atom. The highest BCUT2D eigenvalue weighted by molar-refractivity contribution is 9.10. The van der Waals surface area contributed by atoms with Crippen LogP contribution >= 0.6 is 15.9 Å². The van der Waals surface area contributed by atoms with Crippen LogP contribution in [-0.4, -0.2) is 37.9 Å². The minimum Gasteiger partial charge on any atom is -0.367 e. The van der Waals surface area contributed by atoms with Gasteiger partial charge in [-0.15, -0.1) is 0 Å². The lowest BCUT2D eigenvalue weighted by Gasteiger charge is -2.33. The molecule has 2 aliphatic heterocycles. The van der Waals surface area contributed by atoms with Gasteiger partial charge in [-0.1, -0.05) is 41.1 Å². The number of hydrogen-bond donors (Lipinski definition) is 0. The first-order chi connectivity index (χ1) is 12.5. The molecule has 2 aliphatic rings. The monoisotopic (exact) mass is 434 g/mol. The Balaban J connectivity index is 1.66. The van der Waals surface area contributed by atoms with Crippen molar-refractivity contribution in [3.8, 4) is 0 Å². The van der Waals surface area contributed by atoms with Crippen LogP contribution in [-0.2, 0) is 10.0 Å². The SMILES string of the molecule is CC[C@H]1[C@H]2[C@H](CCN2c2ccc(Br)cc2)CN1S(=O)(=O)c1ccccc1. The van der Waals surface area contributed by atoms with Crippen LogP contribution in [0.2, 0.25) is 0 Å². The summed E-state index contributed by atoms with van der Waals surface area (Å²) in [7, 11) is -3.46. The van der Waals surface area contributed by atoms with Gasteiger partial charge in [0.15, 0.2) is 0 Å². The van der Waals surface area contributed by atoms with E-state index in [0.717, 1.165) is 23.9 Å². The number of sulfonamides is 1. The van der Waals surface area contributed by atoms with Crippen molar-refractivity contribution in [3.63, 3.8) is 0 Å². The number of rotatable bonds is 4. The van der Waals surface area contributed by atoms with Gasteiger partial charge in [-0.2, -0.15) is 4.31 Å². The fourth-order valence-corrected chi connectivity index (χ4v) is 6.57. The van der Waals surface area contributed by atoms with E-state index in [9.17, 15) is 8.42 Å². The molecule has 3 atom stereocenters. The van der Waals surface area contributed by atoms with E-state index >= 15 is 0 Å². The number of hydrogen-bond acceptors (Lipinski definition) is 3. The first kappa shape index (κ1) is 18.0. The molecule has 0 unspecified atom stereocenters. The molecule has 4 nitrogen and oxygen atoms in total. The van der Waals surface area contributed by atoms with Crippen LogP contribution < -0.4 is 4.90 Å². The summed E-state index contributed by atoms with van der Waals surface area (Å²) in [6.45, 7) is 3.71. The maximum atomic E-state index is 13.2. The summed E-state index contributed by atoms with van der Waals surface area (Å²) in [6, 6.07) is 17.4. The van der Waals surface area contributed by atoms with Gasteiger partial charge in [-0.3, -0.25) is 0 Å². The van der Waals surface area contributed by atoms with Gasteiger partial charge >= 0.3 is 0 Å². The highest BCUT2D eigenvalue weighted by Gasteiger charge is 2.51. The molecule has 138 valence electrons. The third kappa shape index (κ3) is 2.98. The highest BCUT2D eigenvalue weighted by atomic mass is 79.9. The number of halogens is 1. The van der Waals surface area contributed by atoms with Crippen molar-refractivity contribution in [2.24, 2.45) is 5.92 Å². The van der Waals surface area contributed by atoms with E-state index in [2.05, 4.69) is 52.0 Å². The Morgan fingerprint density at radius 1 is 1.08 bits per heavy atom. The average molecular weight is 435 g/mol. The Hall–Kier alpha value is -1.37. The van der Waals surface area contributed by atoms with Crippen LogP contribution in [0.25, 0.3) is 0 Å². The fourth-order valence-electron chi connectivity index (χ4n) is 4.52. The topological polar surface area (TPSA) is 40.6 Å². The Bertz CT molecular complexity index is 870. The van der Waals surface area contributed by atoms with E-state index < -0.39 is 10.0 Å². The smallest absolute Gasteiger partial charge is 0.243 e. The summed E-state index contributed by atoms with van der Waals surface area (Å²) >= 11 is 3.49. The maximum absolute atomic E-state index is 13.2. The van der Waals surface area contributed by atoms with Gasteiger partial charge in [-0.25, -0.2) is 8.42 Å². The van der Waals surface area contributed by atoms with Crippen molar-refractivity contribution < 1.29 is 8.42 Å². The Kier molecular flexibility index (Phi) is 4.84. The molecule has 0 amide bonds. The van der Waals surface area contributed by atoms with Crippen LogP contribution in [0.15, 0.2) is 64.0 Å². The minimum atomic E-state index is -3.46. The lowest BCUT2D eigenvalue weighted by atomic mass is 9.98. The van der Waals surface area contributed by atoms with Crippen molar-refractivity contribution in [1.29, 1.82) is 0 Å². The molecule has 0 N–H and O–H groups in total. The van der Waals surface area contributed by atoms with E-state index in [1.807, 2.05) is 6.07 Å². The second-order valence-electron chi connectivity index (χ2n) is 7.07. The average Bonchev–Trinajstić information content (AvgIpc) is 3.22. The molecule has 0 aliphatic carbocycles. The molecule has 2 aromatic rings. The second-order valence-corrected chi connectivity index (χ2v) is 9.88. The van der Waals surface area contributed by atoms with Crippen LogP contribution in [0, 0.1) is 5.92 Å². The fraction of sp³-hybridized carbons (Fsp3) is 0.400. The number of anilines is 1. The maximum Gasteiger partial charge on any atom is 0.243 e. The van der Waals surface area contributed by atoms with Crippen molar-refractivity contribution in [2.45, 2.75) is 36.7 Å². The van der Waals surface area contributed by atoms with Gasteiger partial charge in [0, 0.05) is 35.3 Å². The lowest BCUT2D eigenvalue weighted by Crippen LogP contribution is -2.45. The molecule has 2 aromatic carbocycles. The third-order valence-corrected chi connectivity index (χ3v) is 8.12.